The lowest BCUT2D eigenvalue weighted by Crippen LogP contribution is -2.35. The molecular weight excluding hydrogens is 224 g/mol. The summed E-state index contributed by atoms with van der Waals surface area (Å²) in [5.41, 5.74) is 0. The van der Waals surface area contributed by atoms with E-state index in [2.05, 4.69) is 4.72 Å². The number of hydrogen-bond donors (Lipinski definition) is 1. The second kappa shape index (κ2) is 3.21. The lowest BCUT2D eigenvalue weighted by molar-refractivity contribution is 0.456. The van der Waals surface area contributed by atoms with E-state index in [1.54, 1.807) is 6.07 Å². The molecule has 88 valence electrons. The third kappa shape index (κ3) is 1.33. The van der Waals surface area contributed by atoms with Gasteiger partial charge in [0.05, 0.1) is 6.07 Å². The Bertz CT molecular complexity index is 437. The van der Waals surface area contributed by atoms with Gasteiger partial charge in [0.15, 0.2) is 5.25 Å². The van der Waals surface area contributed by atoms with Gasteiger partial charge in [0, 0.05) is 6.04 Å². The second-order valence-corrected chi connectivity index (χ2v) is 7.48. The standard InChI is InChI=1S/C11H16N2O2S/c1-6(5-12)16(14,15)13-11-9-7-2-3-8(4-7)10(9)11/h6-11,13H,2-4H2,1H3. The molecule has 16 heavy (non-hydrogen) atoms. The van der Waals surface area contributed by atoms with Crippen LogP contribution in [0.5, 0.6) is 0 Å². The molecule has 0 aromatic heterocycles. The third-order valence-corrected chi connectivity index (χ3v) is 6.32. The maximum absolute atomic E-state index is 11.7. The fourth-order valence-electron chi connectivity index (χ4n) is 3.84. The van der Waals surface area contributed by atoms with Crippen LogP contribution in [0, 0.1) is 35.0 Å². The Labute approximate surface area is 96.1 Å². The molecule has 1 N–H and O–H groups in total. The first kappa shape index (κ1) is 10.5. The van der Waals surface area contributed by atoms with Gasteiger partial charge in [-0.1, -0.05) is 0 Å². The van der Waals surface area contributed by atoms with E-state index >= 15 is 0 Å². The van der Waals surface area contributed by atoms with Crippen LogP contribution in [-0.4, -0.2) is 19.7 Å². The highest BCUT2D eigenvalue weighted by molar-refractivity contribution is 7.90. The summed E-state index contributed by atoms with van der Waals surface area (Å²) in [6.45, 7) is 1.44. The number of nitrogens with zero attached hydrogens (tertiary/aromatic N) is 1. The van der Waals surface area contributed by atoms with E-state index in [-0.39, 0.29) is 6.04 Å². The molecule has 0 radical (unpaired) electrons. The molecule has 3 saturated carbocycles. The largest absolute Gasteiger partial charge is 0.227 e. The minimum atomic E-state index is -3.42. The highest BCUT2D eigenvalue weighted by atomic mass is 32.2. The molecule has 3 aliphatic rings. The highest BCUT2D eigenvalue weighted by Crippen LogP contribution is 2.65. The summed E-state index contributed by atoms with van der Waals surface area (Å²) >= 11 is 0. The molecule has 5 heteroatoms. The fraction of sp³-hybridized carbons (Fsp3) is 0.909. The fourth-order valence-corrected chi connectivity index (χ4v) is 4.88. The van der Waals surface area contributed by atoms with E-state index < -0.39 is 15.3 Å². The molecule has 0 saturated heterocycles. The molecule has 2 bridgehead atoms. The Morgan fingerprint density at radius 3 is 2.38 bits per heavy atom. The van der Waals surface area contributed by atoms with Gasteiger partial charge in [-0.25, -0.2) is 13.1 Å². The van der Waals surface area contributed by atoms with Crippen LogP contribution in [0.1, 0.15) is 26.2 Å². The van der Waals surface area contributed by atoms with Crippen molar-refractivity contribution in [2.75, 3.05) is 0 Å². The molecule has 3 fully saturated rings. The van der Waals surface area contributed by atoms with Gasteiger partial charge in [-0.3, -0.25) is 0 Å². The topological polar surface area (TPSA) is 70.0 Å². The van der Waals surface area contributed by atoms with E-state index in [1.165, 1.54) is 26.2 Å². The predicted octanol–water partition coefficient (Wildman–Crippen LogP) is 0.862. The number of sulfonamides is 1. The zero-order valence-electron chi connectivity index (χ0n) is 9.26. The minimum Gasteiger partial charge on any atom is -0.211 e. The van der Waals surface area contributed by atoms with Crippen molar-refractivity contribution in [2.24, 2.45) is 23.7 Å². The molecule has 0 spiro atoms. The molecular formula is C11H16N2O2S. The quantitative estimate of drug-likeness (QED) is 0.795. The molecule has 5 atom stereocenters. The zero-order chi connectivity index (χ0) is 11.5. The third-order valence-electron chi connectivity index (χ3n) is 4.68. The van der Waals surface area contributed by atoms with E-state index in [4.69, 9.17) is 5.26 Å². The van der Waals surface area contributed by atoms with Crippen LogP contribution < -0.4 is 4.72 Å². The molecule has 0 aliphatic heterocycles. The van der Waals surface area contributed by atoms with Gasteiger partial charge >= 0.3 is 0 Å². The van der Waals surface area contributed by atoms with Gasteiger partial charge in [0.25, 0.3) is 0 Å². The summed E-state index contributed by atoms with van der Waals surface area (Å²) in [6, 6.07) is 1.94. The van der Waals surface area contributed by atoms with Gasteiger partial charge < -0.3 is 0 Å². The lowest BCUT2D eigenvalue weighted by Gasteiger charge is -2.11. The Morgan fingerprint density at radius 2 is 1.88 bits per heavy atom. The van der Waals surface area contributed by atoms with Crippen molar-refractivity contribution in [3.8, 4) is 6.07 Å². The van der Waals surface area contributed by atoms with Crippen molar-refractivity contribution in [2.45, 2.75) is 37.5 Å². The molecule has 3 aliphatic carbocycles. The molecule has 4 nitrogen and oxygen atoms in total. The molecule has 0 aromatic carbocycles. The smallest absolute Gasteiger partial charge is 0.211 e. The van der Waals surface area contributed by atoms with Crippen molar-refractivity contribution in [1.82, 2.24) is 4.72 Å². The van der Waals surface area contributed by atoms with Crippen molar-refractivity contribution in [3.05, 3.63) is 0 Å². The lowest BCUT2D eigenvalue weighted by atomic mass is 10.0. The van der Waals surface area contributed by atoms with Crippen LogP contribution in [-0.2, 0) is 10.0 Å². The molecule has 5 unspecified atom stereocenters. The number of nitrogens with one attached hydrogen (secondary N) is 1. The monoisotopic (exact) mass is 240 g/mol. The van der Waals surface area contributed by atoms with Crippen LogP contribution in [0.15, 0.2) is 0 Å². The molecule has 0 amide bonds. The maximum Gasteiger partial charge on any atom is 0.227 e. The Kier molecular flexibility index (Phi) is 2.11. The summed E-state index contributed by atoms with van der Waals surface area (Å²) in [5.74, 6) is 2.67. The Hall–Kier alpha value is -0.600. The first-order chi connectivity index (χ1) is 7.54. The zero-order valence-corrected chi connectivity index (χ0v) is 10.1. The van der Waals surface area contributed by atoms with Gasteiger partial charge in [-0.15, -0.1) is 0 Å². The number of hydrogen-bond acceptors (Lipinski definition) is 3. The summed E-state index contributed by atoms with van der Waals surface area (Å²) in [5, 5.41) is 7.72. The normalized spacial score (nSPS) is 46.1. The van der Waals surface area contributed by atoms with Crippen LogP contribution in [0.3, 0.4) is 0 Å². The number of fused-ring (bicyclic) bond motifs is 5. The summed E-state index contributed by atoms with van der Waals surface area (Å²) in [6.07, 6.45) is 3.86. The summed E-state index contributed by atoms with van der Waals surface area (Å²) < 4.78 is 26.2. The Morgan fingerprint density at radius 1 is 1.31 bits per heavy atom. The average Bonchev–Trinajstić information content (AvgIpc) is 2.66. The first-order valence-electron chi connectivity index (χ1n) is 5.95. The summed E-state index contributed by atoms with van der Waals surface area (Å²) in [7, 11) is -3.42. The van der Waals surface area contributed by atoms with Crippen molar-refractivity contribution < 1.29 is 8.42 Å². The molecule has 3 rings (SSSR count). The maximum atomic E-state index is 11.7. The molecule has 0 aromatic rings. The highest BCUT2D eigenvalue weighted by Gasteiger charge is 2.65. The van der Waals surface area contributed by atoms with Crippen LogP contribution in [0.4, 0.5) is 0 Å². The van der Waals surface area contributed by atoms with Gasteiger partial charge in [0.2, 0.25) is 10.0 Å². The number of rotatable bonds is 3. The van der Waals surface area contributed by atoms with E-state index in [0.717, 1.165) is 11.8 Å². The summed E-state index contributed by atoms with van der Waals surface area (Å²) in [4.78, 5) is 0. The molecule has 0 heterocycles. The first-order valence-corrected chi connectivity index (χ1v) is 7.50. The van der Waals surface area contributed by atoms with Crippen molar-refractivity contribution in [1.29, 1.82) is 5.26 Å². The van der Waals surface area contributed by atoms with Crippen LogP contribution in [0.25, 0.3) is 0 Å². The van der Waals surface area contributed by atoms with Crippen molar-refractivity contribution in [3.63, 3.8) is 0 Å². The van der Waals surface area contributed by atoms with E-state index in [0.29, 0.717) is 11.8 Å². The van der Waals surface area contributed by atoms with Gasteiger partial charge in [-0.05, 0) is 49.9 Å². The van der Waals surface area contributed by atoms with Crippen molar-refractivity contribution >= 4 is 10.0 Å². The van der Waals surface area contributed by atoms with E-state index in [9.17, 15) is 8.42 Å². The van der Waals surface area contributed by atoms with Crippen LogP contribution in [0.2, 0.25) is 0 Å². The van der Waals surface area contributed by atoms with Crippen LogP contribution >= 0.6 is 0 Å². The second-order valence-electron chi connectivity index (χ2n) is 5.45. The SMILES string of the molecule is CC(C#N)S(=O)(=O)NC1C2C3CCC(C3)C12. The number of nitriles is 1. The van der Waals surface area contributed by atoms with Gasteiger partial charge in [0.1, 0.15) is 0 Å². The van der Waals surface area contributed by atoms with Gasteiger partial charge in [-0.2, -0.15) is 5.26 Å². The predicted molar refractivity (Wildman–Crippen MR) is 58.7 cm³/mol. The van der Waals surface area contributed by atoms with E-state index in [1.807, 2.05) is 0 Å². The minimum absolute atomic E-state index is 0.145. The Balaban J connectivity index is 1.69. The average molecular weight is 240 g/mol.